The zero-order valence-corrected chi connectivity index (χ0v) is 16.2. The number of nitrogens with one attached hydrogen (secondary N) is 1. The van der Waals surface area contributed by atoms with Gasteiger partial charge in [-0.15, -0.1) is 0 Å². The predicted molar refractivity (Wildman–Crippen MR) is 106 cm³/mol. The fraction of sp³-hybridized carbons (Fsp3) is 0.391. The molecule has 143 valence electrons. The van der Waals surface area contributed by atoms with E-state index in [9.17, 15) is 4.79 Å². The van der Waals surface area contributed by atoms with E-state index >= 15 is 0 Å². The largest absolute Gasteiger partial charge is 0.460 e. The SMILES string of the molecule is CC(C)(C)OC(=O)[CH][C@H]1NCC(c2ccccc2)C1OCc1ccccc1. The molecule has 1 aliphatic rings. The zero-order chi connectivity index (χ0) is 19.3. The minimum atomic E-state index is -0.509. The molecule has 0 aliphatic carbocycles. The fourth-order valence-corrected chi connectivity index (χ4v) is 3.38. The Bertz CT molecular complexity index is 724. The van der Waals surface area contributed by atoms with Gasteiger partial charge in [-0.1, -0.05) is 60.7 Å². The molecule has 3 rings (SSSR count). The molecule has 1 fully saturated rings. The van der Waals surface area contributed by atoms with Gasteiger partial charge < -0.3 is 14.8 Å². The summed E-state index contributed by atoms with van der Waals surface area (Å²) in [5, 5.41) is 3.43. The van der Waals surface area contributed by atoms with Crippen molar-refractivity contribution in [3.63, 3.8) is 0 Å². The minimum Gasteiger partial charge on any atom is -0.460 e. The number of rotatable bonds is 6. The Labute approximate surface area is 161 Å². The van der Waals surface area contributed by atoms with E-state index in [1.165, 1.54) is 5.56 Å². The van der Waals surface area contributed by atoms with Crippen molar-refractivity contribution in [1.82, 2.24) is 5.32 Å². The lowest BCUT2D eigenvalue weighted by Gasteiger charge is -2.26. The Hall–Kier alpha value is -2.17. The first-order chi connectivity index (χ1) is 12.9. The predicted octanol–water partition coefficient (Wildman–Crippen LogP) is 3.87. The first-order valence-electron chi connectivity index (χ1n) is 9.44. The second-order valence-corrected chi connectivity index (χ2v) is 7.91. The molecule has 1 saturated heterocycles. The molecule has 1 N–H and O–H groups in total. The number of carbonyl (C=O) groups excluding carboxylic acids is 1. The molecule has 1 radical (unpaired) electrons. The number of hydrogen-bond acceptors (Lipinski definition) is 4. The van der Waals surface area contributed by atoms with E-state index in [1.807, 2.05) is 69.3 Å². The maximum Gasteiger partial charge on any atom is 0.312 e. The summed E-state index contributed by atoms with van der Waals surface area (Å²) in [6.07, 6.45) is 1.48. The number of ether oxygens (including phenoxy) is 2. The van der Waals surface area contributed by atoms with E-state index in [0.29, 0.717) is 6.61 Å². The van der Waals surface area contributed by atoms with Gasteiger partial charge in [-0.25, -0.2) is 0 Å². The lowest BCUT2D eigenvalue weighted by molar-refractivity contribution is -0.151. The summed E-state index contributed by atoms with van der Waals surface area (Å²) in [6, 6.07) is 20.2. The highest BCUT2D eigenvalue weighted by molar-refractivity contribution is 5.80. The van der Waals surface area contributed by atoms with Gasteiger partial charge in [-0.3, -0.25) is 4.79 Å². The Morgan fingerprint density at radius 1 is 1.07 bits per heavy atom. The van der Waals surface area contributed by atoms with Crippen LogP contribution in [0.1, 0.15) is 37.8 Å². The van der Waals surface area contributed by atoms with Crippen LogP contribution in [0.4, 0.5) is 0 Å². The zero-order valence-electron chi connectivity index (χ0n) is 16.2. The summed E-state index contributed by atoms with van der Waals surface area (Å²) in [6.45, 7) is 6.88. The van der Waals surface area contributed by atoms with Crippen LogP contribution < -0.4 is 5.32 Å². The van der Waals surface area contributed by atoms with Gasteiger partial charge in [-0.05, 0) is 31.9 Å². The van der Waals surface area contributed by atoms with Gasteiger partial charge in [0.1, 0.15) is 5.60 Å². The van der Waals surface area contributed by atoms with Crippen LogP contribution in [0.2, 0.25) is 0 Å². The minimum absolute atomic E-state index is 0.139. The number of hydrogen-bond donors (Lipinski definition) is 1. The summed E-state index contributed by atoms with van der Waals surface area (Å²) in [5.41, 5.74) is 1.82. The molecule has 2 aromatic rings. The van der Waals surface area contributed by atoms with Crippen molar-refractivity contribution in [2.24, 2.45) is 0 Å². The van der Waals surface area contributed by atoms with E-state index < -0.39 is 5.60 Å². The summed E-state index contributed by atoms with van der Waals surface area (Å²) < 4.78 is 11.8. The molecule has 1 heterocycles. The first kappa shape index (κ1) is 19.6. The van der Waals surface area contributed by atoms with Crippen molar-refractivity contribution in [1.29, 1.82) is 0 Å². The standard InChI is InChI=1S/C23H28NO3/c1-23(2,3)27-21(25)14-20-22(26-16-17-10-6-4-7-11-17)19(15-24-20)18-12-8-5-9-13-18/h4-14,19-20,22,24H,15-16H2,1-3H3/t19?,20-,22?/m1/s1. The highest BCUT2D eigenvalue weighted by Crippen LogP contribution is 2.31. The van der Waals surface area contributed by atoms with Gasteiger partial charge in [0, 0.05) is 18.5 Å². The van der Waals surface area contributed by atoms with Gasteiger partial charge in [0.2, 0.25) is 0 Å². The molecule has 0 aromatic heterocycles. The molecule has 4 nitrogen and oxygen atoms in total. The van der Waals surface area contributed by atoms with Crippen molar-refractivity contribution in [2.45, 2.75) is 51.0 Å². The van der Waals surface area contributed by atoms with Crippen molar-refractivity contribution in [3.05, 3.63) is 78.2 Å². The normalized spacial score (nSPS) is 22.6. The summed E-state index contributed by atoms with van der Waals surface area (Å²) in [5.74, 6) is -0.138. The summed E-state index contributed by atoms with van der Waals surface area (Å²) in [4.78, 5) is 12.3. The maximum atomic E-state index is 12.3. The highest BCUT2D eigenvalue weighted by atomic mass is 16.6. The van der Waals surface area contributed by atoms with Gasteiger partial charge in [-0.2, -0.15) is 0 Å². The molecule has 0 amide bonds. The van der Waals surface area contributed by atoms with Gasteiger partial charge in [0.25, 0.3) is 0 Å². The molecule has 27 heavy (non-hydrogen) atoms. The van der Waals surface area contributed by atoms with E-state index in [0.717, 1.165) is 12.1 Å². The van der Waals surface area contributed by atoms with Gasteiger partial charge in [0.15, 0.2) is 0 Å². The smallest absolute Gasteiger partial charge is 0.312 e. The van der Waals surface area contributed by atoms with Crippen LogP contribution in [0.3, 0.4) is 0 Å². The lowest BCUT2D eigenvalue weighted by Crippen LogP contribution is -2.38. The Balaban J connectivity index is 1.72. The van der Waals surface area contributed by atoms with Crippen LogP contribution in [0.5, 0.6) is 0 Å². The van der Waals surface area contributed by atoms with E-state index in [1.54, 1.807) is 6.42 Å². The summed E-state index contributed by atoms with van der Waals surface area (Å²) >= 11 is 0. The van der Waals surface area contributed by atoms with Crippen LogP contribution in [-0.2, 0) is 20.9 Å². The van der Waals surface area contributed by atoms with Crippen LogP contribution in [0, 0.1) is 6.42 Å². The second kappa shape index (κ2) is 8.68. The number of benzene rings is 2. The van der Waals surface area contributed by atoms with Gasteiger partial charge >= 0.3 is 5.97 Å². The van der Waals surface area contributed by atoms with Crippen LogP contribution >= 0.6 is 0 Å². The Morgan fingerprint density at radius 3 is 2.33 bits per heavy atom. The second-order valence-electron chi connectivity index (χ2n) is 7.91. The molecule has 0 saturated carbocycles. The topological polar surface area (TPSA) is 47.6 Å². The number of carbonyl (C=O) groups is 1. The van der Waals surface area contributed by atoms with Crippen molar-refractivity contribution < 1.29 is 14.3 Å². The molecule has 2 aromatic carbocycles. The van der Waals surface area contributed by atoms with Crippen molar-refractivity contribution in [2.75, 3.05) is 6.54 Å². The Morgan fingerprint density at radius 2 is 1.70 bits per heavy atom. The molecule has 4 heteroatoms. The molecular weight excluding hydrogens is 338 g/mol. The quantitative estimate of drug-likeness (QED) is 0.789. The van der Waals surface area contributed by atoms with E-state index in [4.69, 9.17) is 9.47 Å². The Kier molecular flexibility index (Phi) is 6.30. The first-order valence-corrected chi connectivity index (χ1v) is 9.44. The molecule has 3 atom stereocenters. The monoisotopic (exact) mass is 366 g/mol. The van der Waals surface area contributed by atoms with Crippen molar-refractivity contribution in [3.8, 4) is 0 Å². The molecular formula is C23H28NO3. The fourth-order valence-electron chi connectivity index (χ4n) is 3.38. The molecule has 0 spiro atoms. The van der Waals surface area contributed by atoms with E-state index in [-0.39, 0.29) is 24.0 Å². The van der Waals surface area contributed by atoms with Crippen LogP contribution in [-0.4, -0.2) is 30.3 Å². The summed E-state index contributed by atoms with van der Waals surface area (Å²) in [7, 11) is 0. The maximum absolute atomic E-state index is 12.3. The third-order valence-electron chi connectivity index (χ3n) is 4.56. The third kappa shape index (κ3) is 5.65. The van der Waals surface area contributed by atoms with Gasteiger partial charge in [0.05, 0.1) is 19.1 Å². The lowest BCUT2D eigenvalue weighted by atomic mass is 9.92. The molecule has 2 unspecified atom stereocenters. The highest BCUT2D eigenvalue weighted by Gasteiger charge is 2.39. The van der Waals surface area contributed by atoms with E-state index in [2.05, 4.69) is 17.4 Å². The number of esters is 1. The molecule has 1 aliphatic heterocycles. The molecule has 0 bridgehead atoms. The van der Waals surface area contributed by atoms with Crippen LogP contribution in [0.25, 0.3) is 0 Å². The average Bonchev–Trinajstić information content (AvgIpc) is 3.02. The van der Waals surface area contributed by atoms with Crippen molar-refractivity contribution >= 4 is 5.97 Å². The van der Waals surface area contributed by atoms with Crippen LogP contribution in [0.15, 0.2) is 60.7 Å². The third-order valence-corrected chi connectivity index (χ3v) is 4.56. The average molecular weight is 366 g/mol.